The second kappa shape index (κ2) is 8.75. The normalized spacial score (nSPS) is 14.5. The zero-order valence-electron chi connectivity index (χ0n) is 18.7. The van der Waals surface area contributed by atoms with Crippen LogP contribution in [0.1, 0.15) is 16.1 Å². The lowest BCUT2D eigenvalue weighted by Crippen LogP contribution is -2.44. The predicted octanol–water partition coefficient (Wildman–Crippen LogP) is 2.78. The van der Waals surface area contributed by atoms with Crippen molar-refractivity contribution < 1.29 is 13.6 Å². The molecule has 0 saturated carbocycles. The van der Waals surface area contributed by atoms with E-state index in [2.05, 4.69) is 42.3 Å². The van der Waals surface area contributed by atoms with E-state index in [0.29, 0.717) is 11.1 Å². The Morgan fingerprint density at radius 1 is 1.03 bits per heavy atom. The first-order chi connectivity index (χ1) is 16.4. The number of fused-ring (bicyclic) bond motifs is 1. The maximum atomic E-state index is 14.4. The molecule has 174 valence electrons. The Hall–Kier alpha value is -3.99. The number of anilines is 2. The van der Waals surface area contributed by atoms with Crippen molar-refractivity contribution in [3.05, 3.63) is 65.7 Å². The molecule has 3 aromatic heterocycles. The molecular weight excluding hydrogens is 442 g/mol. The molecule has 1 fully saturated rings. The minimum Gasteiger partial charge on any atom is -0.353 e. The zero-order valence-corrected chi connectivity index (χ0v) is 18.7. The highest BCUT2D eigenvalue weighted by Gasteiger charge is 2.19. The Bertz CT molecular complexity index is 1360. The number of imidazole rings is 1. The van der Waals surface area contributed by atoms with E-state index in [1.807, 2.05) is 6.07 Å². The molecule has 1 amide bonds. The second-order valence-electron chi connectivity index (χ2n) is 8.29. The average Bonchev–Trinajstić information content (AvgIpc) is 3.26. The standard InChI is InChI=1S/C23H22F2N8O/c1-14-9-16(21(25)17(24)10-14)15-11-26-23-27-12-18(33(23)13-15)22(34)28-19-3-4-20(30-29-19)32-7-5-31(2)6-8-32/h3-4,9-13H,5-8H2,1-2H3,(H,28,29,34). The topological polar surface area (TPSA) is 91.5 Å². The van der Waals surface area contributed by atoms with Crippen LogP contribution in [-0.4, -0.2) is 68.6 Å². The molecule has 1 aliphatic rings. The number of nitrogens with zero attached hydrogens (tertiary/aromatic N) is 7. The van der Waals surface area contributed by atoms with E-state index in [1.165, 1.54) is 29.1 Å². The third kappa shape index (κ3) is 4.17. The fraction of sp³-hybridized carbons (Fsp3) is 0.261. The van der Waals surface area contributed by atoms with Crippen LogP contribution in [0.3, 0.4) is 0 Å². The Morgan fingerprint density at radius 2 is 1.79 bits per heavy atom. The van der Waals surface area contributed by atoms with Crippen LogP contribution in [0.5, 0.6) is 0 Å². The Kier molecular flexibility index (Phi) is 5.62. The van der Waals surface area contributed by atoms with Gasteiger partial charge in [0.05, 0.1) is 6.20 Å². The summed E-state index contributed by atoms with van der Waals surface area (Å²) in [6.07, 6.45) is 4.26. The summed E-state index contributed by atoms with van der Waals surface area (Å²) in [6, 6.07) is 6.15. The SMILES string of the molecule is Cc1cc(F)c(F)c(-c2cnc3ncc(C(=O)Nc4ccc(N5CCN(C)CC5)nn4)n3c2)c1. The molecule has 0 unspecified atom stereocenters. The van der Waals surface area contributed by atoms with Crippen LogP contribution in [0.15, 0.2) is 42.9 Å². The van der Waals surface area contributed by atoms with Crippen LogP contribution < -0.4 is 10.2 Å². The number of likely N-dealkylation sites (N-methyl/N-ethyl adjacent to an activating group) is 1. The number of benzene rings is 1. The Morgan fingerprint density at radius 3 is 2.53 bits per heavy atom. The van der Waals surface area contributed by atoms with Gasteiger partial charge in [0.2, 0.25) is 5.78 Å². The average molecular weight is 464 g/mol. The van der Waals surface area contributed by atoms with E-state index in [4.69, 9.17) is 0 Å². The fourth-order valence-electron chi connectivity index (χ4n) is 3.89. The van der Waals surface area contributed by atoms with Crippen LogP contribution in [0.4, 0.5) is 20.4 Å². The molecule has 1 aromatic carbocycles. The molecule has 4 heterocycles. The summed E-state index contributed by atoms with van der Waals surface area (Å²) >= 11 is 0. The predicted molar refractivity (Wildman–Crippen MR) is 123 cm³/mol. The van der Waals surface area contributed by atoms with E-state index in [9.17, 15) is 13.6 Å². The third-order valence-electron chi connectivity index (χ3n) is 5.80. The van der Waals surface area contributed by atoms with Crippen molar-refractivity contribution in [3.63, 3.8) is 0 Å². The van der Waals surface area contributed by atoms with Gasteiger partial charge in [-0.15, -0.1) is 10.2 Å². The van der Waals surface area contributed by atoms with Gasteiger partial charge in [-0.2, -0.15) is 0 Å². The van der Waals surface area contributed by atoms with E-state index < -0.39 is 17.5 Å². The highest BCUT2D eigenvalue weighted by Crippen LogP contribution is 2.26. The maximum absolute atomic E-state index is 14.4. The molecular formula is C23H22F2N8O. The van der Waals surface area contributed by atoms with Crippen LogP contribution in [0, 0.1) is 18.6 Å². The van der Waals surface area contributed by atoms with E-state index in [-0.39, 0.29) is 22.9 Å². The van der Waals surface area contributed by atoms with Crippen molar-refractivity contribution in [2.45, 2.75) is 6.92 Å². The summed E-state index contributed by atoms with van der Waals surface area (Å²) < 4.78 is 29.7. The number of amides is 1. The van der Waals surface area contributed by atoms with Gasteiger partial charge >= 0.3 is 0 Å². The fourth-order valence-corrected chi connectivity index (χ4v) is 3.89. The summed E-state index contributed by atoms with van der Waals surface area (Å²) in [5, 5.41) is 11.1. The van der Waals surface area contributed by atoms with Crippen LogP contribution in [0.25, 0.3) is 16.9 Å². The number of hydrogen-bond donors (Lipinski definition) is 1. The molecule has 4 aromatic rings. The molecule has 1 N–H and O–H groups in total. The van der Waals surface area contributed by atoms with Crippen molar-refractivity contribution in [1.82, 2.24) is 29.5 Å². The molecule has 34 heavy (non-hydrogen) atoms. The zero-order chi connectivity index (χ0) is 23.8. The lowest BCUT2D eigenvalue weighted by Gasteiger charge is -2.32. The van der Waals surface area contributed by atoms with Crippen molar-refractivity contribution >= 4 is 23.3 Å². The first-order valence-corrected chi connectivity index (χ1v) is 10.8. The van der Waals surface area contributed by atoms with Gasteiger partial charge in [-0.05, 0) is 43.8 Å². The molecule has 1 aliphatic heterocycles. The second-order valence-corrected chi connectivity index (χ2v) is 8.29. The number of carbonyl (C=O) groups excluding carboxylic acids is 1. The van der Waals surface area contributed by atoms with Crippen molar-refractivity contribution in [1.29, 1.82) is 0 Å². The van der Waals surface area contributed by atoms with Crippen LogP contribution in [0.2, 0.25) is 0 Å². The molecule has 0 atom stereocenters. The summed E-state index contributed by atoms with van der Waals surface area (Å²) in [7, 11) is 2.08. The molecule has 0 radical (unpaired) electrons. The molecule has 1 saturated heterocycles. The molecule has 11 heteroatoms. The number of hydrogen-bond acceptors (Lipinski definition) is 7. The highest BCUT2D eigenvalue weighted by atomic mass is 19.2. The number of carbonyl (C=O) groups is 1. The van der Waals surface area contributed by atoms with Gasteiger partial charge < -0.3 is 15.1 Å². The van der Waals surface area contributed by atoms with E-state index in [0.717, 1.165) is 38.1 Å². The number of aryl methyl sites for hydroxylation is 1. The van der Waals surface area contributed by atoms with Crippen molar-refractivity contribution in [2.24, 2.45) is 0 Å². The lowest BCUT2D eigenvalue weighted by molar-refractivity contribution is 0.102. The van der Waals surface area contributed by atoms with E-state index in [1.54, 1.807) is 13.0 Å². The third-order valence-corrected chi connectivity index (χ3v) is 5.80. The first kappa shape index (κ1) is 21.8. The van der Waals surface area contributed by atoms with Gasteiger partial charge in [0.15, 0.2) is 23.3 Å². The van der Waals surface area contributed by atoms with Crippen LogP contribution in [-0.2, 0) is 0 Å². The molecule has 5 rings (SSSR count). The number of halogens is 2. The Labute approximate surface area is 194 Å². The van der Waals surface area contributed by atoms with Gasteiger partial charge in [0.25, 0.3) is 5.91 Å². The molecule has 9 nitrogen and oxygen atoms in total. The monoisotopic (exact) mass is 464 g/mol. The van der Waals surface area contributed by atoms with Crippen molar-refractivity contribution in [2.75, 3.05) is 43.4 Å². The number of piperazine rings is 1. The van der Waals surface area contributed by atoms with Crippen LogP contribution >= 0.6 is 0 Å². The first-order valence-electron chi connectivity index (χ1n) is 10.8. The molecule has 0 aliphatic carbocycles. The summed E-state index contributed by atoms with van der Waals surface area (Å²) in [4.78, 5) is 25.6. The van der Waals surface area contributed by atoms with Gasteiger partial charge in [-0.1, -0.05) is 0 Å². The van der Waals surface area contributed by atoms with Gasteiger partial charge in [0, 0.05) is 49.7 Å². The molecule has 0 spiro atoms. The minimum absolute atomic E-state index is 0.0531. The minimum atomic E-state index is -0.978. The van der Waals surface area contributed by atoms with Gasteiger partial charge in [-0.3, -0.25) is 9.20 Å². The maximum Gasteiger partial charge on any atom is 0.275 e. The largest absolute Gasteiger partial charge is 0.353 e. The van der Waals surface area contributed by atoms with E-state index >= 15 is 0 Å². The quantitative estimate of drug-likeness (QED) is 0.497. The Balaban J connectivity index is 1.38. The van der Waals surface area contributed by atoms with Gasteiger partial charge in [0.1, 0.15) is 5.69 Å². The van der Waals surface area contributed by atoms with Gasteiger partial charge in [-0.25, -0.2) is 18.7 Å². The summed E-state index contributed by atoms with van der Waals surface area (Å²) in [6.45, 7) is 5.29. The number of nitrogens with one attached hydrogen (secondary N) is 1. The summed E-state index contributed by atoms with van der Waals surface area (Å²) in [5.74, 6) is -1.12. The number of aromatic nitrogens is 5. The van der Waals surface area contributed by atoms with Crippen molar-refractivity contribution in [3.8, 4) is 11.1 Å². The molecule has 0 bridgehead atoms. The smallest absolute Gasteiger partial charge is 0.275 e. The highest BCUT2D eigenvalue weighted by molar-refractivity contribution is 6.02. The lowest BCUT2D eigenvalue weighted by atomic mass is 10.1. The number of rotatable bonds is 4. The summed E-state index contributed by atoms with van der Waals surface area (Å²) in [5.41, 5.74) is 1.10.